The number of piperazine rings is 1. The summed E-state index contributed by atoms with van der Waals surface area (Å²) >= 11 is 0. The fourth-order valence-electron chi connectivity index (χ4n) is 3.14. The molecule has 1 aliphatic heterocycles. The third-order valence-corrected chi connectivity index (χ3v) is 5.16. The van der Waals surface area contributed by atoms with E-state index in [1.54, 1.807) is 0 Å². The summed E-state index contributed by atoms with van der Waals surface area (Å²) in [6.45, 7) is 27.6. The van der Waals surface area contributed by atoms with Crippen LogP contribution < -0.4 is 5.32 Å². The molecule has 0 aromatic rings. The van der Waals surface area contributed by atoms with Gasteiger partial charge in [0.15, 0.2) is 0 Å². The number of ether oxygens (including phenoxy) is 1. The standard InChI is InChI=1S/C19H41N3O.C2H6/c1-8-21-12-14-22(15-13-21)18(4,5)10-16-23-19(6,7)9-11-20-17(2)3;1-2/h17,20H,8-16H2,1-7H3;1-2H3. The van der Waals surface area contributed by atoms with Gasteiger partial charge in [-0.2, -0.15) is 0 Å². The molecule has 152 valence electrons. The molecule has 25 heavy (non-hydrogen) atoms. The zero-order valence-electron chi connectivity index (χ0n) is 18.7. The molecular weight excluding hydrogens is 310 g/mol. The maximum absolute atomic E-state index is 6.20. The molecule has 1 heterocycles. The van der Waals surface area contributed by atoms with E-state index in [9.17, 15) is 0 Å². The van der Waals surface area contributed by atoms with E-state index in [4.69, 9.17) is 4.74 Å². The van der Waals surface area contributed by atoms with E-state index in [-0.39, 0.29) is 11.1 Å². The minimum atomic E-state index is -0.0428. The van der Waals surface area contributed by atoms with Crippen molar-refractivity contribution in [2.24, 2.45) is 0 Å². The molecule has 0 saturated carbocycles. The Bertz CT molecular complexity index is 321. The molecule has 0 unspecified atom stereocenters. The van der Waals surface area contributed by atoms with Gasteiger partial charge in [-0.1, -0.05) is 34.6 Å². The van der Waals surface area contributed by atoms with Gasteiger partial charge in [-0.15, -0.1) is 0 Å². The molecule has 1 N–H and O–H groups in total. The summed E-state index contributed by atoms with van der Waals surface area (Å²) in [6.07, 6.45) is 2.15. The van der Waals surface area contributed by atoms with Crippen LogP contribution in [0, 0.1) is 0 Å². The van der Waals surface area contributed by atoms with Crippen molar-refractivity contribution in [3.63, 3.8) is 0 Å². The van der Waals surface area contributed by atoms with Crippen LogP contribution >= 0.6 is 0 Å². The van der Waals surface area contributed by atoms with Crippen molar-refractivity contribution >= 4 is 0 Å². The zero-order chi connectivity index (χ0) is 19.5. The SMILES string of the molecule is CC.CCN1CCN(C(C)(C)CCOC(C)(C)CCNC(C)C)CC1. The Morgan fingerprint density at radius 1 is 0.960 bits per heavy atom. The Morgan fingerprint density at radius 2 is 1.52 bits per heavy atom. The smallest absolute Gasteiger partial charge is 0.0638 e. The third kappa shape index (κ3) is 10.5. The van der Waals surface area contributed by atoms with Crippen LogP contribution in [0.1, 0.15) is 75.2 Å². The molecule has 0 aromatic heterocycles. The van der Waals surface area contributed by atoms with Gasteiger partial charge in [-0.3, -0.25) is 4.90 Å². The number of hydrogen-bond donors (Lipinski definition) is 1. The molecule has 0 atom stereocenters. The van der Waals surface area contributed by atoms with Crippen LogP contribution in [0.3, 0.4) is 0 Å². The van der Waals surface area contributed by atoms with Crippen LogP contribution in [0.15, 0.2) is 0 Å². The quantitative estimate of drug-likeness (QED) is 0.639. The number of nitrogens with one attached hydrogen (secondary N) is 1. The maximum Gasteiger partial charge on any atom is 0.0638 e. The van der Waals surface area contributed by atoms with Gasteiger partial charge in [0.05, 0.1) is 5.60 Å². The average molecular weight is 358 g/mol. The Labute approximate surface area is 158 Å². The monoisotopic (exact) mass is 357 g/mol. The summed E-state index contributed by atoms with van der Waals surface area (Å²) in [5.41, 5.74) is 0.185. The molecule has 0 spiro atoms. The summed E-state index contributed by atoms with van der Waals surface area (Å²) in [5.74, 6) is 0. The zero-order valence-corrected chi connectivity index (χ0v) is 18.7. The lowest BCUT2D eigenvalue weighted by Crippen LogP contribution is -2.55. The van der Waals surface area contributed by atoms with Crippen molar-refractivity contribution in [1.82, 2.24) is 15.1 Å². The summed E-state index contributed by atoms with van der Waals surface area (Å²) in [4.78, 5) is 5.17. The van der Waals surface area contributed by atoms with Gasteiger partial charge >= 0.3 is 0 Å². The highest BCUT2D eigenvalue weighted by molar-refractivity contribution is 4.86. The van der Waals surface area contributed by atoms with E-state index in [1.165, 1.54) is 32.7 Å². The molecule has 0 amide bonds. The predicted octanol–water partition coefficient (Wildman–Crippen LogP) is 4.00. The van der Waals surface area contributed by atoms with E-state index < -0.39 is 0 Å². The topological polar surface area (TPSA) is 27.7 Å². The first kappa shape index (κ1) is 24.8. The highest BCUT2D eigenvalue weighted by Gasteiger charge is 2.30. The maximum atomic E-state index is 6.20. The lowest BCUT2D eigenvalue weighted by molar-refractivity contribution is -0.0451. The fraction of sp³-hybridized carbons (Fsp3) is 1.00. The molecule has 1 saturated heterocycles. The minimum Gasteiger partial charge on any atom is -0.375 e. The first-order chi connectivity index (χ1) is 11.7. The van der Waals surface area contributed by atoms with Crippen molar-refractivity contribution in [3.8, 4) is 0 Å². The van der Waals surface area contributed by atoms with Gasteiger partial charge in [0, 0.05) is 44.4 Å². The van der Waals surface area contributed by atoms with Crippen LogP contribution in [-0.4, -0.2) is 72.9 Å². The van der Waals surface area contributed by atoms with Crippen molar-refractivity contribution in [2.45, 2.75) is 92.3 Å². The lowest BCUT2D eigenvalue weighted by atomic mass is 9.97. The molecule has 1 rings (SSSR count). The number of rotatable bonds is 10. The van der Waals surface area contributed by atoms with Gasteiger partial charge in [-0.25, -0.2) is 0 Å². The Hall–Kier alpha value is -0.160. The highest BCUT2D eigenvalue weighted by Crippen LogP contribution is 2.23. The molecule has 4 heteroatoms. The molecular formula is C21H47N3O. The number of hydrogen-bond acceptors (Lipinski definition) is 4. The molecule has 1 fully saturated rings. The largest absolute Gasteiger partial charge is 0.375 e. The fourth-order valence-corrected chi connectivity index (χ4v) is 3.14. The van der Waals surface area contributed by atoms with Crippen LogP contribution in [0.2, 0.25) is 0 Å². The van der Waals surface area contributed by atoms with Gasteiger partial charge in [0.1, 0.15) is 0 Å². The van der Waals surface area contributed by atoms with Gasteiger partial charge in [0.25, 0.3) is 0 Å². The summed E-state index contributed by atoms with van der Waals surface area (Å²) in [6, 6.07) is 0.548. The first-order valence-electron chi connectivity index (χ1n) is 10.5. The normalized spacial score (nSPS) is 17.5. The van der Waals surface area contributed by atoms with E-state index in [2.05, 4.69) is 63.6 Å². The molecule has 0 radical (unpaired) electrons. The Morgan fingerprint density at radius 3 is 2.00 bits per heavy atom. The van der Waals surface area contributed by atoms with Crippen molar-refractivity contribution in [2.75, 3.05) is 45.9 Å². The summed E-state index contributed by atoms with van der Waals surface area (Å²) in [5, 5.41) is 3.48. The Balaban J connectivity index is 0.00000277. The van der Waals surface area contributed by atoms with E-state index in [0.29, 0.717) is 6.04 Å². The Kier molecular flexibility index (Phi) is 12.2. The second-order valence-corrected chi connectivity index (χ2v) is 8.45. The van der Waals surface area contributed by atoms with Gasteiger partial charge in [-0.05, 0) is 53.6 Å². The van der Waals surface area contributed by atoms with Crippen LogP contribution in [0.4, 0.5) is 0 Å². The van der Waals surface area contributed by atoms with E-state index >= 15 is 0 Å². The molecule has 0 bridgehead atoms. The van der Waals surface area contributed by atoms with Crippen molar-refractivity contribution < 1.29 is 4.74 Å². The van der Waals surface area contributed by atoms with Crippen LogP contribution in [-0.2, 0) is 4.74 Å². The van der Waals surface area contributed by atoms with Gasteiger partial charge < -0.3 is 15.0 Å². The highest BCUT2D eigenvalue weighted by atomic mass is 16.5. The van der Waals surface area contributed by atoms with Crippen molar-refractivity contribution in [1.29, 1.82) is 0 Å². The lowest BCUT2D eigenvalue weighted by Gasteiger charge is -2.44. The molecule has 1 aliphatic rings. The predicted molar refractivity (Wildman–Crippen MR) is 112 cm³/mol. The third-order valence-electron chi connectivity index (χ3n) is 5.16. The van der Waals surface area contributed by atoms with Gasteiger partial charge in [0.2, 0.25) is 0 Å². The van der Waals surface area contributed by atoms with E-state index in [0.717, 1.165) is 26.0 Å². The first-order valence-corrected chi connectivity index (χ1v) is 10.5. The number of nitrogens with zero attached hydrogens (tertiary/aromatic N) is 2. The summed E-state index contributed by atoms with van der Waals surface area (Å²) in [7, 11) is 0. The van der Waals surface area contributed by atoms with E-state index in [1.807, 2.05) is 13.8 Å². The minimum absolute atomic E-state index is 0.0428. The van der Waals surface area contributed by atoms with Crippen LogP contribution in [0.25, 0.3) is 0 Å². The number of likely N-dealkylation sites (N-methyl/N-ethyl adjacent to an activating group) is 1. The van der Waals surface area contributed by atoms with Crippen LogP contribution in [0.5, 0.6) is 0 Å². The second kappa shape index (κ2) is 12.3. The summed E-state index contributed by atoms with van der Waals surface area (Å²) < 4.78 is 6.20. The molecule has 0 aromatic carbocycles. The molecule has 4 nitrogen and oxygen atoms in total. The van der Waals surface area contributed by atoms with Crippen molar-refractivity contribution in [3.05, 3.63) is 0 Å². The molecule has 0 aliphatic carbocycles. The average Bonchev–Trinajstić information content (AvgIpc) is 2.55. The second-order valence-electron chi connectivity index (χ2n) is 8.45.